The lowest BCUT2D eigenvalue weighted by Crippen LogP contribution is -1.91. The molecule has 0 fully saturated rings. The minimum Gasteiger partial charge on any atom is -0.382 e. The monoisotopic (exact) mass is 212 g/mol. The van der Waals surface area contributed by atoms with Crippen molar-refractivity contribution < 1.29 is 0 Å². The Kier molecular flexibility index (Phi) is 1.83. The largest absolute Gasteiger partial charge is 0.382 e. The molecule has 0 aliphatic heterocycles. The number of H-pyrrole nitrogens is 1. The molecule has 4 heteroatoms. The van der Waals surface area contributed by atoms with E-state index < -0.39 is 0 Å². The van der Waals surface area contributed by atoms with Crippen LogP contribution in [0.25, 0.3) is 21.9 Å². The molecule has 0 aliphatic rings. The van der Waals surface area contributed by atoms with Crippen molar-refractivity contribution in [2.75, 3.05) is 5.73 Å². The number of nitrogens with one attached hydrogen (secondary N) is 1. The van der Waals surface area contributed by atoms with E-state index >= 15 is 0 Å². The second kappa shape index (κ2) is 3.20. The molecule has 0 bridgehead atoms. The first-order valence-corrected chi connectivity index (χ1v) is 5.30. The summed E-state index contributed by atoms with van der Waals surface area (Å²) >= 11 is 0. The summed E-state index contributed by atoms with van der Waals surface area (Å²) in [6, 6.07) is 6.34. The zero-order chi connectivity index (χ0) is 11.1. The van der Waals surface area contributed by atoms with Crippen LogP contribution in [0.5, 0.6) is 0 Å². The van der Waals surface area contributed by atoms with Crippen molar-refractivity contribution in [2.45, 2.75) is 13.3 Å². The van der Waals surface area contributed by atoms with Crippen LogP contribution in [0, 0.1) is 0 Å². The molecule has 0 atom stereocenters. The smallest absolute Gasteiger partial charge is 0.151 e. The summed E-state index contributed by atoms with van der Waals surface area (Å²) in [6.45, 7) is 2.14. The number of nitrogens with two attached hydrogens (primary N) is 1. The molecule has 2 aromatic heterocycles. The first-order valence-electron chi connectivity index (χ1n) is 5.30. The van der Waals surface area contributed by atoms with E-state index in [0.717, 1.165) is 28.4 Å². The normalized spacial score (nSPS) is 11.3. The van der Waals surface area contributed by atoms with Gasteiger partial charge in [0.1, 0.15) is 17.4 Å². The number of benzene rings is 1. The topological polar surface area (TPSA) is 67.6 Å². The molecular weight excluding hydrogens is 200 g/mol. The maximum Gasteiger partial charge on any atom is 0.151 e. The predicted molar refractivity (Wildman–Crippen MR) is 65.2 cm³/mol. The van der Waals surface area contributed by atoms with Gasteiger partial charge in [-0.15, -0.1) is 0 Å². The fourth-order valence-corrected chi connectivity index (χ4v) is 1.98. The number of aromatic amines is 1. The lowest BCUT2D eigenvalue weighted by molar-refractivity contribution is 1.14. The number of rotatable bonds is 1. The van der Waals surface area contributed by atoms with Crippen molar-refractivity contribution in [3.63, 3.8) is 0 Å². The number of aryl methyl sites for hydroxylation is 1. The van der Waals surface area contributed by atoms with Crippen molar-refractivity contribution in [1.82, 2.24) is 15.0 Å². The first-order chi connectivity index (χ1) is 7.79. The zero-order valence-electron chi connectivity index (χ0n) is 8.99. The Morgan fingerprint density at radius 1 is 1.31 bits per heavy atom. The number of hydrogen-bond donors (Lipinski definition) is 2. The third kappa shape index (κ3) is 1.16. The van der Waals surface area contributed by atoms with Crippen LogP contribution >= 0.6 is 0 Å². The van der Waals surface area contributed by atoms with Crippen LogP contribution in [0.2, 0.25) is 0 Å². The second-order valence-corrected chi connectivity index (χ2v) is 3.84. The van der Waals surface area contributed by atoms with E-state index in [2.05, 4.69) is 40.1 Å². The maximum atomic E-state index is 5.81. The van der Waals surface area contributed by atoms with Crippen LogP contribution in [0.3, 0.4) is 0 Å². The first kappa shape index (κ1) is 9.15. The van der Waals surface area contributed by atoms with Crippen LogP contribution in [-0.4, -0.2) is 15.0 Å². The summed E-state index contributed by atoms with van der Waals surface area (Å²) in [7, 11) is 0. The van der Waals surface area contributed by atoms with Gasteiger partial charge in [0.2, 0.25) is 0 Å². The van der Waals surface area contributed by atoms with Crippen molar-refractivity contribution in [1.29, 1.82) is 0 Å². The standard InChI is InChI=1S/C12H12N4/c1-2-7-3-4-8-9(5-7)16-11-10(8)14-6-15-12(11)13/h3-6,16H,2H2,1H3,(H2,13,14,15). The van der Waals surface area contributed by atoms with E-state index in [-0.39, 0.29) is 0 Å². The van der Waals surface area contributed by atoms with Gasteiger partial charge in [0.05, 0.1) is 0 Å². The fraction of sp³-hybridized carbons (Fsp3) is 0.167. The van der Waals surface area contributed by atoms with E-state index in [0.29, 0.717) is 5.82 Å². The molecule has 0 aliphatic carbocycles. The predicted octanol–water partition coefficient (Wildman–Crippen LogP) is 2.26. The number of anilines is 1. The minimum atomic E-state index is 0.499. The number of fused-ring (bicyclic) bond motifs is 3. The molecule has 4 nitrogen and oxygen atoms in total. The SMILES string of the molecule is CCc1ccc2c(c1)[nH]c1c(N)ncnc12. The number of hydrogen-bond acceptors (Lipinski definition) is 3. The van der Waals surface area contributed by atoms with E-state index in [9.17, 15) is 0 Å². The summed E-state index contributed by atoms with van der Waals surface area (Å²) in [5.41, 5.74) is 9.89. The summed E-state index contributed by atoms with van der Waals surface area (Å²) in [6.07, 6.45) is 2.52. The number of nitrogen functional groups attached to an aromatic ring is 1. The van der Waals surface area contributed by atoms with E-state index in [1.807, 2.05) is 0 Å². The Morgan fingerprint density at radius 3 is 3.00 bits per heavy atom. The van der Waals surface area contributed by atoms with Crippen molar-refractivity contribution in [2.24, 2.45) is 0 Å². The molecule has 0 radical (unpaired) electrons. The van der Waals surface area contributed by atoms with Crippen LogP contribution < -0.4 is 5.73 Å². The third-order valence-electron chi connectivity index (χ3n) is 2.88. The van der Waals surface area contributed by atoms with Crippen LogP contribution in [0.4, 0.5) is 5.82 Å². The molecule has 80 valence electrons. The maximum absolute atomic E-state index is 5.81. The van der Waals surface area contributed by atoms with Crippen molar-refractivity contribution in [3.8, 4) is 0 Å². The third-order valence-corrected chi connectivity index (χ3v) is 2.88. The highest BCUT2D eigenvalue weighted by Crippen LogP contribution is 2.26. The molecule has 1 aromatic carbocycles. The molecule has 0 saturated carbocycles. The van der Waals surface area contributed by atoms with E-state index in [1.165, 1.54) is 11.9 Å². The molecule has 3 rings (SSSR count). The molecule has 0 saturated heterocycles. The second-order valence-electron chi connectivity index (χ2n) is 3.84. The molecule has 16 heavy (non-hydrogen) atoms. The van der Waals surface area contributed by atoms with Crippen LogP contribution in [0.1, 0.15) is 12.5 Å². The molecule has 3 aromatic rings. The van der Waals surface area contributed by atoms with Gasteiger partial charge in [0.15, 0.2) is 5.82 Å². The number of nitrogens with zero attached hydrogens (tertiary/aromatic N) is 2. The molecule has 2 heterocycles. The Bertz CT molecular complexity index is 669. The summed E-state index contributed by atoms with van der Waals surface area (Å²) < 4.78 is 0. The average Bonchev–Trinajstić information content (AvgIpc) is 2.68. The van der Waals surface area contributed by atoms with Gasteiger partial charge in [-0.3, -0.25) is 0 Å². The molecule has 0 unspecified atom stereocenters. The Labute approximate surface area is 92.5 Å². The average molecular weight is 212 g/mol. The Hall–Kier alpha value is -2.10. The van der Waals surface area contributed by atoms with E-state index in [4.69, 9.17) is 5.73 Å². The Balaban J connectivity index is 2.45. The van der Waals surface area contributed by atoms with Gasteiger partial charge in [-0.25, -0.2) is 9.97 Å². The lowest BCUT2D eigenvalue weighted by Gasteiger charge is -1.95. The van der Waals surface area contributed by atoms with Crippen molar-refractivity contribution in [3.05, 3.63) is 30.1 Å². The van der Waals surface area contributed by atoms with Gasteiger partial charge in [0, 0.05) is 10.9 Å². The van der Waals surface area contributed by atoms with Gasteiger partial charge < -0.3 is 10.7 Å². The number of aromatic nitrogens is 3. The molecular formula is C12H12N4. The molecule has 0 spiro atoms. The highest BCUT2D eigenvalue weighted by atomic mass is 14.9. The van der Waals surface area contributed by atoms with Gasteiger partial charge >= 0.3 is 0 Å². The summed E-state index contributed by atoms with van der Waals surface area (Å²) in [5.74, 6) is 0.499. The van der Waals surface area contributed by atoms with Gasteiger partial charge in [0.25, 0.3) is 0 Å². The van der Waals surface area contributed by atoms with Gasteiger partial charge in [-0.1, -0.05) is 19.1 Å². The van der Waals surface area contributed by atoms with Gasteiger partial charge in [-0.05, 0) is 18.1 Å². The Morgan fingerprint density at radius 2 is 2.19 bits per heavy atom. The van der Waals surface area contributed by atoms with Crippen LogP contribution in [-0.2, 0) is 6.42 Å². The van der Waals surface area contributed by atoms with Crippen molar-refractivity contribution >= 4 is 27.8 Å². The van der Waals surface area contributed by atoms with E-state index in [1.54, 1.807) is 0 Å². The fourth-order valence-electron chi connectivity index (χ4n) is 1.98. The highest BCUT2D eigenvalue weighted by molar-refractivity contribution is 6.07. The molecule has 3 N–H and O–H groups in total. The summed E-state index contributed by atoms with van der Waals surface area (Å²) in [5, 5.41) is 1.10. The molecule has 0 amide bonds. The lowest BCUT2D eigenvalue weighted by atomic mass is 10.1. The highest BCUT2D eigenvalue weighted by Gasteiger charge is 2.08. The minimum absolute atomic E-state index is 0.499. The quantitative estimate of drug-likeness (QED) is 0.650. The summed E-state index contributed by atoms with van der Waals surface area (Å²) in [4.78, 5) is 11.5. The zero-order valence-corrected chi connectivity index (χ0v) is 8.99. The van der Waals surface area contributed by atoms with Crippen LogP contribution in [0.15, 0.2) is 24.5 Å². The van der Waals surface area contributed by atoms with Gasteiger partial charge in [-0.2, -0.15) is 0 Å².